The summed E-state index contributed by atoms with van der Waals surface area (Å²) >= 11 is 0. The smallest absolute Gasteiger partial charge is 0.471 e. The van der Waals surface area contributed by atoms with Gasteiger partial charge in [0.25, 0.3) is 9.05 Å². The second kappa shape index (κ2) is 6.20. The third-order valence-corrected chi connectivity index (χ3v) is 5.02. The molecule has 1 unspecified atom stereocenters. The van der Waals surface area contributed by atoms with Crippen LogP contribution in [0.15, 0.2) is 17.0 Å². The largest absolute Gasteiger partial charge is 0.496 e. The summed E-state index contributed by atoms with van der Waals surface area (Å²) in [4.78, 5) is 11.0. The molecule has 0 saturated heterocycles. The van der Waals surface area contributed by atoms with Gasteiger partial charge < -0.3 is 10.1 Å². The van der Waals surface area contributed by atoms with Crippen LogP contribution in [0.25, 0.3) is 0 Å². The van der Waals surface area contributed by atoms with Gasteiger partial charge in [-0.25, -0.2) is 8.42 Å². The van der Waals surface area contributed by atoms with E-state index in [4.69, 9.17) is 15.4 Å². The highest BCUT2D eigenvalue weighted by molar-refractivity contribution is 8.13. The summed E-state index contributed by atoms with van der Waals surface area (Å²) in [5.74, 6) is -1.68. The molecule has 1 N–H and O–H groups in total. The van der Waals surface area contributed by atoms with Gasteiger partial charge in [-0.05, 0) is 37.0 Å². The molecule has 1 aromatic carbocycles. The molecule has 1 amide bonds. The van der Waals surface area contributed by atoms with Crippen molar-refractivity contribution in [3.05, 3.63) is 23.3 Å². The van der Waals surface area contributed by atoms with E-state index in [0.717, 1.165) is 0 Å². The van der Waals surface area contributed by atoms with Crippen LogP contribution in [0.1, 0.15) is 17.5 Å². The van der Waals surface area contributed by atoms with Gasteiger partial charge in [-0.15, -0.1) is 0 Å². The molecule has 128 valence electrons. The lowest BCUT2D eigenvalue weighted by atomic mass is 9.87. The van der Waals surface area contributed by atoms with Gasteiger partial charge in [0.05, 0.1) is 12.0 Å². The predicted molar refractivity (Wildman–Crippen MR) is 76.0 cm³/mol. The monoisotopic (exact) mass is 371 g/mol. The molecule has 0 aromatic heterocycles. The van der Waals surface area contributed by atoms with E-state index in [1.807, 2.05) is 5.32 Å². The molecule has 1 aromatic rings. The maximum atomic E-state index is 12.3. The number of methoxy groups -OCH3 is 1. The van der Waals surface area contributed by atoms with Gasteiger partial charge in [0, 0.05) is 22.3 Å². The summed E-state index contributed by atoms with van der Waals surface area (Å²) in [5.41, 5.74) is 0.852. The third-order valence-electron chi connectivity index (χ3n) is 3.61. The van der Waals surface area contributed by atoms with Crippen LogP contribution in [0.4, 0.5) is 13.2 Å². The number of fused-ring (bicyclic) bond motifs is 1. The number of halogens is 4. The second-order valence-electron chi connectivity index (χ2n) is 5.07. The van der Waals surface area contributed by atoms with Crippen LogP contribution in [0, 0.1) is 0 Å². The highest BCUT2D eigenvalue weighted by Crippen LogP contribution is 2.35. The Morgan fingerprint density at radius 3 is 2.52 bits per heavy atom. The summed E-state index contributed by atoms with van der Waals surface area (Å²) in [6, 6.07) is 1.93. The Bertz CT molecular complexity index is 733. The molecule has 1 aliphatic rings. The standard InChI is InChI=1S/C13H13ClF3NO4S/c1-22-10-4-5-11(23(14,20)21)8-3-2-7(6-9(8)10)18-12(19)13(15,16)17/h4-5,7H,2-3,6H2,1H3,(H,18,19). The van der Waals surface area contributed by atoms with Crippen molar-refractivity contribution in [1.29, 1.82) is 0 Å². The van der Waals surface area contributed by atoms with Gasteiger partial charge in [0.2, 0.25) is 0 Å². The SMILES string of the molecule is COc1ccc(S(=O)(=O)Cl)c2c1CC(NC(=O)C(F)(F)F)CC2. The van der Waals surface area contributed by atoms with Gasteiger partial charge in [-0.1, -0.05) is 0 Å². The molecular weight excluding hydrogens is 359 g/mol. The molecule has 10 heteroatoms. The van der Waals surface area contributed by atoms with Gasteiger partial charge in [0.1, 0.15) is 5.75 Å². The molecule has 0 aliphatic heterocycles. The fourth-order valence-corrected chi connectivity index (χ4v) is 3.81. The van der Waals surface area contributed by atoms with Crippen LogP contribution in [-0.4, -0.2) is 33.7 Å². The zero-order chi connectivity index (χ0) is 17.4. The molecule has 1 atom stereocenters. The molecule has 0 heterocycles. The molecule has 0 radical (unpaired) electrons. The number of ether oxygens (including phenoxy) is 1. The fourth-order valence-electron chi connectivity index (χ4n) is 2.62. The minimum Gasteiger partial charge on any atom is -0.496 e. The first-order chi connectivity index (χ1) is 10.5. The molecule has 23 heavy (non-hydrogen) atoms. The lowest BCUT2D eigenvalue weighted by Gasteiger charge is -2.28. The molecule has 0 bridgehead atoms. The van der Waals surface area contributed by atoms with Crippen LogP contribution in [0.5, 0.6) is 5.75 Å². The van der Waals surface area contributed by atoms with Crippen molar-refractivity contribution in [1.82, 2.24) is 5.32 Å². The fraction of sp³-hybridized carbons (Fsp3) is 0.462. The van der Waals surface area contributed by atoms with Crippen LogP contribution >= 0.6 is 10.7 Å². The van der Waals surface area contributed by atoms with E-state index in [9.17, 15) is 26.4 Å². The van der Waals surface area contributed by atoms with Crippen molar-refractivity contribution in [2.75, 3.05) is 7.11 Å². The number of nitrogens with one attached hydrogen (secondary N) is 1. The molecule has 2 rings (SSSR count). The van der Waals surface area contributed by atoms with Crippen LogP contribution < -0.4 is 10.1 Å². The van der Waals surface area contributed by atoms with Crippen LogP contribution in [0.3, 0.4) is 0 Å². The first kappa shape index (κ1) is 17.9. The maximum absolute atomic E-state index is 12.3. The Morgan fingerprint density at radius 2 is 2.00 bits per heavy atom. The van der Waals surface area contributed by atoms with E-state index in [1.165, 1.54) is 19.2 Å². The molecule has 0 saturated carbocycles. The van der Waals surface area contributed by atoms with Crippen LogP contribution in [-0.2, 0) is 26.7 Å². The topological polar surface area (TPSA) is 72.5 Å². The molecule has 1 aliphatic carbocycles. The number of carbonyl (C=O) groups excluding carboxylic acids is 1. The van der Waals surface area contributed by atoms with E-state index < -0.39 is 27.2 Å². The normalized spacial score (nSPS) is 18.2. The Morgan fingerprint density at radius 1 is 1.35 bits per heavy atom. The Hall–Kier alpha value is -1.48. The zero-order valence-corrected chi connectivity index (χ0v) is 13.5. The number of alkyl halides is 3. The van der Waals surface area contributed by atoms with E-state index in [1.54, 1.807) is 0 Å². The van der Waals surface area contributed by atoms with Crippen molar-refractivity contribution in [2.45, 2.75) is 36.4 Å². The van der Waals surface area contributed by atoms with E-state index in [-0.39, 0.29) is 24.2 Å². The van der Waals surface area contributed by atoms with Crippen molar-refractivity contribution in [3.8, 4) is 5.75 Å². The number of hydrogen-bond donors (Lipinski definition) is 1. The van der Waals surface area contributed by atoms with Crippen molar-refractivity contribution >= 4 is 25.6 Å². The Labute approximate surface area is 135 Å². The summed E-state index contributed by atoms with van der Waals surface area (Å²) in [6.07, 6.45) is -4.61. The van der Waals surface area contributed by atoms with Gasteiger partial charge in [0.15, 0.2) is 0 Å². The summed E-state index contributed by atoms with van der Waals surface area (Å²) in [5, 5.41) is 1.91. The van der Waals surface area contributed by atoms with Crippen molar-refractivity contribution in [2.24, 2.45) is 0 Å². The number of amides is 1. The molecule has 0 spiro atoms. The number of hydrogen-bond acceptors (Lipinski definition) is 4. The molecule has 0 fully saturated rings. The zero-order valence-electron chi connectivity index (χ0n) is 11.9. The van der Waals surface area contributed by atoms with Gasteiger partial charge in [-0.2, -0.15) is 13.2 Å². The lowest BCUT2D eigenvalue weighted by Crippen LogP contribution is -2.45. The van der Waals surface area contributed by atoms with Gasteiger partial charge >= 0.3 is 12.1 Å². The summed E-state index contributed by atoms with van der Waals surface area (Å²) in [6.45, 7) is 0. The van der Waals surface area contributed by atoms with Crippen LogP contribution in [0.2, 0.25) is 0 Å². The quantitative estimate of drug-likeness (QED) is 0.826. The predicted octanol–water partition coefficient (Wildman–Crippen LogP) is 2.16. The average Bonchev–Trinajstić information content (AvgIpc) is 2.43. The van der Waals surface area contributed by atoms with E-state index in [2.05, 4.69) is 0 Å². The van der Waals surface area contributed by atoms with E-state index in [0.29, 0.717) is 16.9 Å². The number of carbonyl (C=O) groups is 1. The van der Waals surface area contributed by atoms with Gasteiger partial charge in [-0.3, -0.25) is 4.79 Å². The van der Waals surface area contributed by atoms with E-state index >= 15 is 0 Å². The highest BCUT2D eigenvalue weighted by atomic mass is 35.7. The maximum Gasteiger partial charge on any atom is 0.471 e. The first-order valence-electron chi connectivity index (χ1n) is 6.55. The average molecular weight is 372 g/mol. The summed E-state index contributed by atoms with van der Waals surface area (Å²) in [7, 11) is 2.76. The number of benzene rings is 1. The molecule has 5 nitrogen and oxygen atoms in total. The lowest BCUT2D eigenvalue weighted by molar-refractivity contribution is -0.174. The minimum absolute atomic E-state index is 0.0283. The minimum atomic E-state index is -4.97. The van der Waals surface area contributed by atoms with Crippen molar-refractivity contribution in [3.63, 3.8) is 0 Å². The highest BCUT2D eigenvalue weighted by Gasteiger charge is 2.40. The summed E-state index contributed by atoms with van der Waals surface area (Å²) < 4.78 is 65.3. The first-order valence-corrected chi connectivity index (χ1v) is 8.86. The Balaban J connectivity index is 2.35. The Kier molecular flexibility index (Phi) is 4.81. The number of rotatable bonds is 3. The second-order valence-corrected chi connectivity index (χ2v) is 7.61. The van der Waals surface area contributed by atoms with Crippen molar-refractivity contribution < 1.29 is 31.1 Å². The third kappa shape index (κ3) is 3.89. The molecular formula is C13H13ClF3NO4S.